The van der Waals surface area contributed by atoms with E-state index < -0.39 is 0 Å². The van der Waals surface area contributed by atoms with Crippen LogP contribution in [0.3, 0.4) is 0 Å². The Labute approximate surface area is 553 Å². The maximum atomic E-state index is 12.6. The van der Waals surface area contributed by atoms with Gasteiger partial charge in [0.15, 0.2) is 17.4 Å². The molecule has 3 saturated heterocycles. The molecule has 19 heteroatoms. The van der Waals surface area contributed by atoms with Gasteiger partial charge in [0.1, 0.15) is 0 Å². The summed E-state index contributed by atoms with van der Waals surface area (Å²) in [7, 11) is 0. The summed E-state index contributed by atoms with van der Waals surface area (Å²) >= 11 is 4.73. The van der Waals surface area contributed by atoms with Crippen molar-refractivity contribution in [2.24, 2.45) is 0 Å². The van der Waals surface area contributed by atoms with Crippen LogP contribution in [0.25, 0.3) is 11.3 Å². The molecule has 0 amide bonds. The molecule has 0 bridgehead atoms. The third kappa shape index (κ3) is 25.2. The Balaban J connectivity index is 0.000000180. The number of aryl methyl sites for hydroxylation is 6. The number of rotatable bonds is 24. The molecule has 10 rings (SSSR count). The maximum absolute atomic E-state index is 12.6. The molecule has 0 radical (unpaired) electrons. The lowest BCUT2D eigenvalue weighted by Crippen LogP contribution is -2.39. The summed E-state index contributed by atoms with van der Waals surface area (Å²) in [6, 6.07) is 44.5. The van der Waals surface area contributed by atoms with Crippen LogP contribution in [0.1, 0.15) is 54.1 Å². The number of nitrogens with one attached hydrogen (secondary N) is 6. The fourth-order valence-corrected chi connectivity index (χ4v) is 11.4. The highest BCUT2D eigenvalue weighted by Gasteiger charge is 2.14. The molecule has 91 heavy (non-hydrogen) atoms. The second-order valence-corrected chi connectivity index (χ2v) is 25.4. The summed E-state index contributed by atoms with van der Waals surface area (Å²) in [5.41, 5.74) is 22.7. The molecule has 8 N–H and O–H groups in total. The number of allylic oxidation sites excluding steroid dienone is 2. The molecule has 0 spiro atoms. The molecular weight excluding hydrogens is 1200 g/mol. The van der Waals surface area contributed by atoms with E-state index in [2.05, 4.69) is 139 Å². The van der Waals surface area contributed by atoms with Crippen molar-refractivity contribution in [1.29, 1.82) is 0 Å². The molecule has 0 atom stereocenters. The van der Waals surface area contributed by atoms with Crippen LogP contribution in [-0.4, -0.2) is 173 Å². The standard InChI is InChI=1S/C24H31N3O2S.C23H29N5O.C13H21N3O.C12H14OS2/c1-18-4-6-20(7-5-18)23(28)17-24(30-3)26-22-9-8-21(16-19(22)2)25-10-11-27-12-14-29-15-13-27;1-17-3-5-19(6-4-17)22-16-23(27-26-22)25-21-8-7-20(15-18(21)2)24-9-10-28-11-13-29-14-12-28;1-11-10-12(2-3-13(11)14)15-4-5-16-6-8-17-9-7-16;1-9-4-6-10(7-5-9)11(13)8-12(14-2)15-3/h4-9,16-17,25-26H,10-15H2,1-3H3;3-8,15-16,24H,9-14H2,1-2H3,(H2,25,26,27);2-3,10,15H,4-9,14H2,1H3;4-8H,1-3H3/b24-17-;;;. The number of aromatic amines is 1. The fraction of sp³-hybridized carbons (Fsp3) is 0.375. The van der Waals surface area contributed by atoms with Gasteiger partial charge in [-0.3, -0.25) is 29.4 Å². The Morgan fingerprint density at radius 3 is 1.33 bits per heavy atom. The molecule has 1 aromatic heterocycles. The van der Waals surface area contributed by atoms with Crippen molar-refractivity contribution in [2.75, 3.05) is 169 Å². The number of hydrogen-bond donors (Lipinski definition) is 7. The van der Waals surface area contributed by atoms with Crippen LogP contribution in [0.5, 0.6) is 0 Å². The zero-order chi connectivity index (χ0) is 64.7. The van der Waals surface area contributed by atoms with Gasteiger partial charge < -0.3 is 46.5 Å². The van der Waals surface area contributed by atoms with Crippen LogP contribution in [-0.2, 0) is 14.2 Å². The lowest BCUT2D eigenvalue weighted by atomic mass is 10.1. The third-order valence-corrected chi connectivity index (χ3v) is 18.3. The zero-order valence-corrected chi connectivity index (χ0v) is 57.2. The van der Waals surface area contributed by atoms with Crippen molar-refractivity contribution >= 4 is 86.8 Å². The van der Waals surface area contributed by atoms with Crippen molar-refractivity contribution < 1.29 is 23.8 Å². The van der Waals surface area contributed by atoms with Crippen molar-refractivity contribution in [2.45, 2.75) is 41.5 Å². The van der Waals surface area contributed by atoms with E-state index in [0.717, 1.165) is 201 Å². The molecule has 0 aliphatic carbocycles. The Bertz CT molecular complexity index is 3390. The Kier molecular flexibility index (Phi) is 30.4. The highest BCUT2D eigenvalue weighted by atomic mass is 32.2. The number of anilines is 7. The summed E-state index contributed by atoms with van der Waals surface area (Å²) in [6.45, 7) is 29.5. The van der Waals surface area contributed by atoms with Gasteiger partial charge in [-0.05, 0) is 137 Å². The number of ether oxygens (including phenoxy) is 3. The van der Waals surface area contributed by atoms with E-state index in [-0.39, 0.29) is 11.6 Å². The van der Waals surface area contributed by atoms with Gasteiger partial charge in [-0.1, -0.05) is 89.5 Å². The number of thioether (sulfide) groups is 3. The molecule has 0 saturated carbocycles. The number of morpholine rings is 3. The molecule has 3 aliphatic rings. The van der Waals surface area contributed by atoms with Crippen LogP contribution >= 0.6 is 35.3 Å². The predicted molar refractivity (Wildman–Crippen MR) is 389 cm³/mol. The molecule has 7 aromatic rings. The van der Waals surface area contributed by atoms with Crippen molar-refractivity contribution in [3.05, 3.63) is 199 Å². The van der Waals surface area contributed by atoms with E-state index in [0.29, 0.717) is 5.56 Å². The average Bonchev–Trinajstić information content (AvgIpc) is 3.48. The van der Waals surface area contributed by atoms with Crippen LogP contribution in [0, 0.1) is 41.5 Å². The molecule has 0 unspecified atom stereocenters. The predicted octanol–water partition coefficient (Wildman–Crippen LogP) is 13.8. The van der Waals surface area contributed by atoms with Crippen LogP contribution in [0.15, 0.2) is 155 Å². The van der Waals surface area contributed by atoms with E-state index >= 15 is 0 Å². The average molecular weight is 1290 g/mol. The van der Waals surface area contributed by atoms with Gasteiger partial charge in [0.2, 0.25) is 0 Å². The Hall–Kier alpha value is -7.04. The maximum Gasteiger partial charge on any atom is 0.188 e. The van der Waals surface area contributed by atoms with Crippen LogP contribution in [0.4, 0.5) is 39.9 Å². The second kappa shape index (κ2) is 38.7. The third-order valence-electron chi connectivity index (χ3n) is 15.6. The normalized spacial score (nSPS) is 14.5. The molecule has 6 aromatic carbocycles. The minimum Gasteiger partial charge on any atom is -0.399 e. The summed E-state index contributed by atoms with van der Waals surface area (Å²) in [4.78, 5) is 31.6. The zero-order valence-electron chi connectivity index (χ0n) is 54.7. The SMILES string of the molecule is CS/C(=C\C(=O)c1ccc(C)cc1)Nc1ccc(NCCN2CCOCC2)cc1C.CSC(=CC(=O)c1ccc(C)cc1)SC.Cc1cc(NCCN2CCOCC2)ccc1N.Cc1ccc(-c2cc(Nc3ccc(NCCN4CCOCC4)cc3C)n[nH]2)cc1. The number of carbonyl (C=O) groups excluding carboxylic acids is 2. The fourth-order valence-electron chi connectivity index (χ4n) is 9.88. The molecule has 486 valence electrons. The van der Waals surface area contributed by atoms with Gasteiger partial charge in [-0.2, -0.15) is 5.10 Å². The number of nitrogens with two attached hydrogens (primary N) is 1. The van der Waals surface area contributed by atoms with Crippen molar-refractivity contribution in [3.8, 4) is 11.3 Å². The number of benzene rings is 6. The van der Waals surface area contributed by atoms with Gasteiger partial charge in [0, 0.05) is 146 Å². The first-order valence-corrected chi connectivity index (χ1v) is 35.0. The van der Waals surface area contributed by atoms with Crippen LogP contribution < -0.4 is 32.3 Å². The van der Waals surface area contributed by atoms with Gasteiger partial charge >= 0.3 is 0 Å². The molecule has 16 nitrogen and oxygen atoms in total. The first-order chi connectivity index (χ1) is 44.1. The summed E-state index contributed by atoms with van der Waals surface area (Å²) in [6.07, 6.45) is 9.29. The van der Waals surface area contributed by atoms with E-state index in [9.17, 15) is 9.59 Å². The molecular formula is C72H95N11O5S3. The number of H-pyrrole nitrogens is 1. The molecule has 4 heterocycles. The van der Waals surface area contributed by atoms with Gasteiger partial charge in [-0.15, -0.1) is 35.3 Å². The number of ketones is 2. The van der Waals surface area contributed by atoms with E-state index in [1.54, 1.807) is 35.7 Å². The topological polar surface area (TPSA) is 186 Å². The second-order valence-electron chi connectivity index (χ2n) is 22.6. The van der Waals surface area contributed by atoms with E-state index in [1.165, 1.54) is 28.5 Å². The monoisotopic (exact) mass is 1290 g/mol. The molecule has 3 fully saturated rings. The Morgan fingerprint density at radius 2 is 0.912 bits per heavy atom. The van der Waals surface area contributed by atoms with Crippen molar-refractivity contribution in [1.82, 2.24) is 24.9 Å². The summed E-state index contributed by atoms with van der Waals surface area (Å²) in [5.74, 6) is 0.899. The number of carbonyl (C=O) groups is 2. The highest BCUT2D eigenvalue weighted by Crippen LogP contribution is 2.28. The minimum absolute atomic E-state index is 0.00547. The smallest absolute Gasteiger partial charge is 0.188 e. The number of aromatic nitrogens is 2. The van der Waals surface area contributed by atoms with E-state index in [4.69, 9.17) is 19.9 Å². The van der Waals surface area contributed by atoms with Crippen LogP contribution in [0.2, 0.25) is 0 Å². The molecule has 3 aliphatic heterocycles. The lowest BCUT2D eigenvalue weighted by molar-refractivity contribution is 0.0398. The van der Waals surface area contributed by atoms with Gasteiger partial charge in [-0.25, -0.2) is 0 Å². The number of nitrogens with zero attached hydrogens (tertiary/aromatic N) is 4. The first-order valence-electron chi connectivity index (χ1n) is 31.3. The minimum atomic E-state index is 0.00547. The Morgan fingerprint density at radius 1 is 0.505 bits per heavy atom. The largest absolute Gasteiger partial charge is 0.399 e. The van der Waals surface area contributed by atoms with Gasteiger partial charge in [0.25, 0.3) is 0 Å². The highest BCUT2D eigenvalue weighted by molar-refractivity contribution is 8.21. The quantitative estimate of drug-likeness (QED) is 0.0172. The summed E-state index contributed by atoms with van der Waals surface area (Å²) in [5, 5.41) is 25.6. The number of hydrogen-bond acceptors (Lipinski definition) is 18. The lowest BCUT2D eigenvalue weighted by Gasteiger charge is -2.26. The van der Waals surface area contributed by atoms with E-state index in [1.807, 2.05) is 106 Å². The number of nitrogen functional groups attached to an aromatic ring is 1. The summed E-state index contributed by atoms with van der Waals surface area (Å²) < 4.78 is 17.1. The van der Waals surface area contributed by atoms with Gasteiger partial charge in [0.05, 0.1) is 50.4 Å². The van der Waals surface area contributed by atoms with Crippen molar-refractivity contribution in [3.63, 3.8) is 0 Å². The first kappa shape index (κ1) is 71.4.